The van der Waals surface area contributed by atoms with E-state index in [0.717, 1.165) is 5.56 Å². The van der Waals surface area contributed by atoms with E-state index in [9.17, 15) is 13.2 Å². The number of rotatable bonds is 5. The third kappa shape index (κ3) is 4.82. The van der Waals surface area contributed by atoms with Crippen molar-refractivity contribution >= 4 is 40.6 Å². The molecule has 0 aliphatic rings. The first kappa shape index (κ1) is 19.2. The molecule has 0 saturated heterocycles. The Morgan fingerprint density at radius 1 is 1.26 bits per heavy atom. The number of nitrogens with two attached hydrogens (primary N) is 1. The van der Waals surface area contributed by atoms with Crippen LogP contribution in [-0.2, 0) is 23.0 Å². The lowest BCUT2D eigenvalue weighted by Gasteiger charge is -2.12. The van der Waals surface area contributed by atoms with Gasteiger partial charge in [-0.2, -0.15) is 0 Å². The van der Waals surface area contributed by atoms with Crippen LogP contribution in [0.25, 0.3) is 0 Å². The van der Waals surface area contributed by atoms with Crippen molar-refractivity contribution in [2.45, 2.75) is 12.3 Å². The normalized spacial score (nSPS) is 10.3. The standard InChI is InChI=1S/C14H14ClN3O3S.ClH/c15-11-5-12(14(17)19)13(16)18(7-11)6-9-3-1-2-4-10(9)8-22(20)21;/h1-5,7,16,22H,6,8H2,(H2,17,19);1H. The van der Waals surface area contributed by atoms with Gasteiger partial charge in [-0.25, -0.2) is 8.42 Å². The van der Waals surface area contributed by atoms with Crippen LogP contribution in [0.15, 0.2) is 36.5 Å². The van der Waals surface area contributed by atoms with E-state index >= 15 is 0 Å². The molecule has 6 nitrogen and oxygen atoms in total. The van der Waals surface area contributed by atoms with Gasteiger partial charge in [0, 0.05) is 12.7 Å². The van der Waals surface area contributed by atoms with Gasteiger partial charge >= 0.3 is 0 Å². The molecule has 0 spiro atoms. The van der Waals surface area contributed by atoms with Gasteiger partial charge < -0.3 is 10.3 Å². The van der Waals surface area contributed by atoms with Crippen molar-refractivity contribution in [1.82, 2.24) is 4.57 Å². The van der Waals surface area contributed by atoms with Crippen molar-refractivity contribution in [3.05, 3.63) is 63.7 Å². The third-order valence-electron chi connectivity index (χ3n) is 3.13. The zero-order valence-corrected chi connectivity index (χ0v) is 14.3. The number of nitrogens with one attached hydrogen (secondary N) is 1. The number of aromatic nitrogens is 1. The summed E-state index contributed by atoms with van der Waals surface area (Å²) in [4.78, 5) is 11.3. The highest BCUT2D eigenvalue weighted by atomic mass is 35.5. The lowest BCUT2D eigenvalue weighted by Crippen LogP contribution is -2.30. The number of primary amides is 1. The van der Waals surface area contributed by atoms with Gasteiger partial charge in [-0.1, -0.05) is 35.9 Å². The molecular weight excluding hydrogens is 361 g/mol. The average Bonchev–Trinajstić information content (AvgIpc) is 2.43. The minimum atomic E-state index is -2.55. The van der Waals surface area contributed by atoms with Crippen molar-refractivity contribution in [3.8, 4) is 0 Å². The van der Waals surface area contributed by atoms with Crippen molar-refractivity contribution in [3.63, 3.8) is 0 Å². The largest absolute Gasteiger partial charge is 0.365 e. The molecule has 1 amide bonds. The Balaban J connectivity index is 0.00000264. The van der Waals surface area contributed by atoms with E-state index in [1.807, 2.05) is 0 Å². The number of nitrogens with zero attached hydrogens (tertiary/aromatic N) is 1. The van der Waals surface area contributed by atoms with Gasteiger partial charge in [-0.3, -0.25) is 10.2 Å². The van der Waals surface area contributed by atoms with Gasteiger partial charge in [-0.15, -0.1) is 12.4 Å². The highest BCUT2D eigenvalue weighted by Crippen LogP contribution is 2.13. The first-order chi connectivity index (χ1) is 10.4. The SMILES string of the molecule is Cl.N=c1c(C(N)=O)cc(Cl)cn1Cc1ccccc1C[SH](=O)=O. The zero-order chi connectivity index (χ0) is 16.3. The average molecular weight is 376 g/mol. The number of halogens is 2. The predicted octanol–water partition coefficient (Wildman–Crippen LogP) is 1.30. The van der Waals surface area contributed by atoms with E-state index in [-0.39, 0.29) is 40.8 Å². The smallest absolute Gasteiger partial charge is 0.252 e. The molecule has 0 aliphatic carbocycles. The van der Waals surface area contributed by atoms with Crippen LogP contribution in [0.4, 0.5) is 0 Å². The second-order valence-electron chi connectivity index (χ2n) is 4.67. The number of hydrogen-bond donors (Lipinski definition) is 3. The molecule has 2 aromatic rings. The van der Waals surface area contributed by atoms with Crippen molar-refractivity contribution < 1.29 is 13.2 Å². The van der Waals surface area contributed by atoms with Crippen molar-refractivity contribution in [2.75, 3.05) is 0 Å². The molecule has 0 fully saturated rings. The van der Waals surface area contributed by atoms with Crippen LogP contribution in [0.2, 0.25) is 5.02 Å². The summed E-state index contributed by atoms with van der Waals surface area (Å²) >= 11 is 5.95. The van der Waals surface area contributed by atoms with Crippen LogP contribution < -0.4 is 11.2 Å². The maximum Gasteiger partial charge on any atom is 0.252 e. The number of hydrogen-bond acceptors (Lipinski definition) is 4. The summed E-state index contributed by atoms with van der Waals surface area (Å²) in [5.74, 6) is -0.819. The molecule has 0 atom stereocenters. The topological polar surface area (TPSA) is 106 Å². The van der Waals surface area contributed by atoms with E-state index in [1.54, 1.807) is 24.3 Å². The Bertz CT molecular complexity index is 855. The fourth-order valence-electron chi connectivity index (χ4n) is 2.11. The Kier molecular flexibility index (Phi) is 6.80. The van der Waals surface area contributed by atoms with Gasteiger partial charge in [0.25, 0.3) is 5.91 Å². The highest BCUT2D eigenvalue weighted by molar-refractivity contribution is 7.71. The van der Waals surface area contributed by atoms with E-state index < -0.39 is 16.6 Å². The van der Waals surface area contributed by atoms with Crippen LogP contribution in [0, 0.1) is 5.41 Å². The summed E-state index contributed by atoms with van der Waals surface area (Å²) < 4.78 is 23.4. The lowest BCUT2D eigenvalue weighted by atomic mass is 10.1. The van der Waals surface area contributed by atoms with Crippen molar-refractivity contribution in [2.24, 2.45) is 5.73 Å². The monoisotopic (exact) mass is 375 g/mol. The molecule has 0 aliphatic heterocycles. The van der Waals surface area contributed by atoms with Crippen LogP contribution in [-0.4, -0.2) is 18.9 Å². The molecule has 3 N–H and O–H groups in total. The molecule has 0 saturated carbocycles. The van der Waals surface area contributed by atoms with E-state index in [4.69, 9.17) is 22.7 Å². The number of benzene rings is 1. The van der Waals surface area contributed by atoms with Gasteiger partial charge in [-0.05, 0) is 17.2 Å². The first-order valence-electron chi connectivity index (χ1n) is 6.31. The van der Waals surface area contributed by atoms with E-state index in [2.05, 4.69) is 0 Å². The second kappa shape index (κ2) is 8.14. The Labute approximate surface area is 145 Å². The number of carbonyl (C=O) groups is 1. The summed E-state index contributed by atoms with van der Waals surface area (Å²) in [7, 11) is -2.55. The van der Waals surface area contributed by atoms with Crippen LogP contribution in [0.1, 0.15) is 21.5 Å². The molecule has 0 unspecified atom stereocenters. The van der Waals surface area contributed by atoms with Crippen LogP contribution in [0.5, 0.6) is 0 Å². The quantitative estimate of drug-likeness (QED) is 0.685. The van der Waals surface area contributed by atoms with Gasteiger partial charge in [0.15, 0.2) is 0 Å². The number of thiol groups is 1. The third-order valence-corrected chi connectivity index (χ3v) is 3.93. The molecule has 0 bridgehead atoms. The molecule has 0 radical (unpaired) electrons. The lowest BCUT2D eigenvalue weighted by molar-refractivity contribution is 0.0997. The predicted molar refractivity (Wildman–Crippen MR) is 90.6 cm³/mol. The molecular formula is C14H15Cl2N3O3S. The van der Waals surface area contributed by atoms with Gasteiger partial charge in [0.05, 0.1) is 16.3 Å². The van der Waals surface area contributed by atoms with Gasteiger partial charge in [0.2, 0.25) is 0 Å². The molecule has 1 heterocycles. The van der Waals surface area contributed by atoms with E-state index in [0.29, 0.717) is 5.56 Å². The highest BCUT2D eigenvalue weighted by Gasteiger charge is 2.10. The fraction of sp³-hybridized carbons (Fsp3) is 0.143. The molecule has 9 heteroatoms. The molecule has 23 heavy (non-hydrogen) atoms. The minimum Gasteiger partial charge on any atom is -0.365 e. The molecule has 1 aromatic carbocycles. The van der Waals surface area contributed by atoms with Crippen LogP contribution >= 0.6 is 24.0 Å². The van der Waals surface area contributed by atoms with Gasteiger partial charge in [0.1, 0.15) is 16.2 Å². The van der Waals surface area contributed by atoms with E-state index in [1.165, 1.54) is 16.8 Å². The summed E-state index contributed by atoms with van der Waals surface area (Å²) in [6.07, 6.45) is 1.50. The molecule has 124 valence electrons. The Hall–Kier alpha value is -1.83. The molecule has 1 aromatic heterocycles. The first-order valence-corrected chi connectivity index (χ1v) is 8.05. The summed E-state index contributed by atoms with van der Waals surface area (Å²) in [6, 6.07) is 8.34. The zero-order valence-electron chi connectivity index (χ0n) is 11.9. The summed E-state index contributed by atoms with van der Waals surface area (Å²) in [6.45, 7) is 0.221. The maximum absolute atomic E-state index is 11.3. The number of carbonyl (C=O) groups excluding carboxylic acids is 1. The second-order valence-corrected chi connectivity index (χ2v) is 6.09. The maximum atomic E-state index is 11.3. The number of pyridine rings is 1. The minimum absolute atomic E-state index is 0. The summed E-state index contributed by atoms with van der Waals surface area (Å²) in [5, 5.41) is 8.29. The van der Waals surface area contributed by atoms with Crippen LogP contribution in [0.3, 0.4) is 0 Å². The Morgan fingerprint density at radius 2 is 1.87 bits per heavy atom. The fourth-order valence-corrected chi connectivity index (χ4v) is 2.93. The Morgan fingerprint density at radius 3 is 2.43 bits per heavy atom. The molecule has 2 rings (SSSR count). The summed E-state index contributed by atoms with van der Waals surface area (Å²) in [5.41, 5.74) is 6.55. The van der Waals surface area contributed by atoms with Crippen molar-refractivity contribution in [1.29, 1.82) is 5.41 Å². The number of amides is 1.